The van der Waals surface area contributed by atoms with Gasteiger partial charge in [0, 0.05) is 12.7 Å². The van der Waals surface area contributed by atoms with Gasteiger partial charge in [-0.25, -0.2) is 9.37 Å². The predicted octanol–water partition coefficient (Wildman–Crippen LogP) is 4.18. The summed E-state index contributed by atoms with van der Waals surface area (Å²) in [5.41, 5.74) is 1.47. The van der Waals surface area contributed by atoms with Gasteiger partial charge in [-0.05, 0) is 38.2 Å². The zero-order valence-electron chi connectivity index (χ0n) is 9.68. The van der Waals surface area contributed by atoms with Crippen molar-refractivity contribution in [2.75, 3.05) is 11.9 Å². The average Bonchev–Trinajstić information content (AvgIpc) is 2.33. The highest BCUT2D eigenvalue weighted by Gasteiger charge is 2.06. The molecule has 2 nitrogen and oxygen atoms in total. The molecule has 17 heavy (non-hydrogen) atoms. The van der Waals surface area contributed by atoms with Crippen molar-refractivity contribution in [2.24, 2.45) is 0 Å². The smallest absolute Gasteiger partial charge is 0.166 e. The van der Waals surface area contributed by atoms with Crippen molar-refractivity contribution in [1.82, 2.24) is 4.98 Å². The van der Waals surface area contributed by atoms with E-state index in [1.165, 1.54) is 43.5 Å². The number of hydrogen-bond donors (Lipinski definition) is 1. The Morgan fingerprint density at radius 2 is 2.29 bits per heavy atom. The van der Waals surface area contributed by atoms with E-state index in [0.29, 0.717) is 5.02 Å². The molecule has 1 aliphatic rings. The van der Waals surface area contributed by atoms with Crippen molar-refractivity contribution < 1.29 is 4.39 Å². The van der Waals surface area contributed by atoms with Gasteiger partial charge in [-0.1, -0.05) is 23.3 Å². The summed E-state index contributed by atoms with van der Waals surface area (Å²) in [6.45, 7) is 0.720. The quantitative estimate of drug-likeness (QED) is 0.816. The fourth-order valence-corrected chi connectivity index (χ4v) is 2.16. The number of pyridine rings is 1. The lowest BCUT2D eigenvalue weighted by Gasteiger charge is -2.13. The van der Waals surface area contributed by atoms with E-state index in [1.807, 2.05) is 0 Å². The Kier molecular flexibility index (Phi) is 4.37. The van der Waals surface area contributed by atoms with Crippen molar-refractivity contribution in [3.63, 3.8) is 0 Å². The van der Waals surface area contributed by atoms with E-state index < -0.39 is 5.82 Å². The van der Waals surface area contributed by atoms with Crippen molar-refractivity contribution in [3.05, 3.63) is 34.8 Å². The molecule has 1 heterocycles. The molecule has 1 aromatic rings. The van der Waals surface area contributed by atoms with E-state index in [-0.39, 0.29) is 5.82 Å². The average molecular weight is 255 g/mol. The van der Waals surface area contributed by atoms with Gasteiger partial charge < -0.3 is 5.32 Å². The number of anilines is 1. The maximum Gasteiger partial charge on any atom is 0.166 e. The SMILES string of the molecule is Fc1cc(Cl)cnc1NCCC1=CCCCC1. The first kappa shape index (κ1) is 12.4. The van der Waals surface area contributed by atoms with Crippen molar-refractivity contribution in [3.8, 4) is 0 Å². The van der Waals surface area contributed by atoms with E-state index in [4.69, 9.17) is 11.6 Å². The van der Waals surface area contributed by atoms with Crippen LogP contribution in [0.3, 0.4) is 0 Å². The van der Waals surface area contributed by atoms with Gasteiger partial charge in [-0.15, -0.1) is 0 Å². The lowest BCUT2D eigenvalue weighted by molar-refractivity contribution is 0.623. The highest BCUT2D eigenvalue weighted by Crippen LogP contribution is 2.20. The molecule has 92 valence electrons. The Hall–Kier alpha value is -1.09. The molecule has 0 atom stereocenters. The van der Waals surface area contributed by atoms with Crippen LogP contribution in [0.5, 0.6) is 0 Å². The highest BCUT2D eigenvalue weighted by atomic mass is 35.5. The molecule has 0 saturated carbocycles. The molecule has 0 bridgehead atoms. The number of nitrogens with one attached hydrogen (secondary N) is 1. The molecule has 1 aliphatic carbocycles. The summed E-state index contributed by atoms with van der Waals surface area (Å²) in [7, 11) is 0. The van der Waals surface area contributed by atoms with Crippen LogP contribution in [0, 0.1) is 5.82 Å². The lowest BCUT2D eigenvalue weighted by Crippen LogP contribution is -2.07. The summed E-state index contributed by atoms with van der Waals surface area (Å²) in [4.78, 5) is 3.92. The predicted molar refractivity (Wildman–Crippen MR) is 68.9 cm³/mol. The van der Waals surface area contributed by atoms with Crippen molar-refractivity contribution in [1.29, 1.82) is 0 Å². The summed E-state index contributed by atoms with van der Waals surface area (Å²) < 4.78 is 13.4. The van der Waals surface area contributed by atoms with Crippen molar-refractivity contribution >= 4 is 17.4 Å². The van der Waals surface area contributed by atoms with E-state index in [0.717, 1.165) is 13.0 Å². The van der Waals surface area contributed by atoms with E-state index in [1.54, 1.807) is 0 Å². The number of aromatic nitrogens is 1. The summed E-state index contributed by atoms with van der Waals surface area (Å²) in [5.74, 6) is -0.110. The van der Waals surface area contributed by atoms with Crippen LogP contribution < -0.4 is 5.32 Å². The molecule has 0 saturated heterocycles. The minimum absolute atomic E-state index is 0.283. The van der Waals surface area contributed by atoms with Gasteiger partial charge in [-0.2, -0.15) is 0 Å². The van der Waals surface area contributed by atoms with E-state index >= 15 is 0 Å². The molecule has 0 spiro atoms. The molecule has 1 N–H and O–H groups in total. The van der Waals surface area contributed by atoms with E-state index in [2.05, 4.69) is 16.4 Å². The van der Waals surface area contributed by atoms with Gasteiger partial charge in [0.25, 0.3) is 0 Å². The third kappa shape index (κ3) is 3.70. The Balaban J connectivity index is 1.83. The third-order valence-corrected chi connectivity index (χ3v) is 3.14. The first-order valence-corrected chi connectivity index (χ1v) is 6.36. The van der Waals surface area contributed by atoms with Crippen LogP contribution in [0.1, 0.15) is 32.1 Å². The molecule has 0 fully saturated rings. The summed E-state index contributed by atoms with van der Waals surface area (Å²) >= 11 is 5.63. The van der Waals surface area contributed by atoms with Crippen LogP contribution in [0.4, 0.5) is 10.2 Å². The molecule has 2 rings (SSSR count). The minimum atomic E-state index is -0.393. The van der Waals surface area contributed by atoms with Crippen LogP contribution in [0.15, 0.2) is 23.9 Å². The van der Waals surface area contributed by atoms with E-state index in [9.17, 15) is 4.39 Å². The third-order valence-electron chi connectivity index (χ3n) is 2.93. The Morgan fingerprint density at radius 3 is 3.00 bits per heavy atom. The van der Waals surface area contributed by atoms with Gasteiger partial charge in [0.1, 0.15) is 0 Å². The van der Waals surface area contributed by atoms with Gasteiger partial charge in [0.15, 0.2) is 11.6 Å². The Morgan fingerprint density at radius 1 is 1.41 bits per heavy atom. The maximum absolute atomic E-state index is 13.4. The fraction of sp³-hybridized carbons (Fsp3) is 0.462. The largest absolute Gasteiger partial charge is 0.367 e. The molecule has 1 aromatic heterocycles. The summed E-state index contributed by atoms with van der Waals surface area (Å²) in [5, 5.41) is 3.32. The summed E-state index contributed by atoms with van der Waals surface area (Å²) in [6.07, 6.45) is 9.65. The number of allylic oxidation sites excluding steroid dienone is 1. The molecule has 0 radical (unpaired) electrons. The van der Waals surface area contributed by atoms with Gasteiger partial charge >= 0.3 is 0 Å². The first-order chi connectivity index (χ1) is 8.25. The van der Waals surface area contributed by atoms with Crippen LogP contribution in [-0.2, 0) is 0 Å². The normalized spacial score (nSPS) is 15.5. The number of hydrogen-bond acceptors (Lipinski definition) is 2. The Bertz CT molecular complexity index is 418. The monoisotopic (exact) mass is 254 g/mol. The first-order valence-electron chi connectivity index (χ1n) is 5.98. The van der Waals surface area contributed by atoms with Crippen LogP contribution in [-0.4, -0.2) is 11.5 Å². The zero-order valence-corrected chi connectivity index (χ0v) is 10.4. The lowest BCUT2D eigenvalue weighted by atomic mass is 9.97. The van der Waals surface area contributed by atoms with Gasteiger partial charge in [0.2, 0.25) is 0 Å². The second-order valence-electron chi connectivity index (χ2n) is 4.27. The van der Waals surface area contributed by atoms with Gasteiger partial charge in [0.05, 0.1) is 5.02 Å². The maximum atomic E-state index is 13.4. The number of nitrogens with zero attached hydrogens (tertiary/aromatic N) is 1. The molecule has 0 unspecified atom stereocenters. The fourth-order valence-electron chi connectivity index (χ4n) is 2.02. The molecular weight excluding hydrogens is 239 g/mol. The summed E-state index contributed by atoms with van der Waals surface area (Å²) in [6, 6.07) is 1.27. The zero-order chi connectivity index (χ0) is 12.1. The van der Waals surface area contributed by atoms with Crippen LogP contribution in [0.25, 0.3) is 0 Å². The van der Waals surface area contributed by atoms with Crippen LogP contribution in [0.2, 0.25) is 5.02 Å². The molecule has 0 amide bonds. The van der Waals surface area contributed by atoms with Crippen LogP contribution >= 0.6 is 11.6 Å². The number of rotatable bonds is 4. The molecule has 0 aliphatic heterocycles. The minimum Gasteiger partial charge on any atom is -0.367 e. The van der Waals surface area contributed by atoms with Crippen molar-refractivity contribution in [2.45, 2.75) is 32.1 Å². The highest BCUT2D eigenvalue weighted by molar-refractivity contribution is 6.30. The number of halogens is 2. The molecule has 4 heteroatoms. The molecular formula is C13H16ClFN2. The standard InChI is InChI=1S/C13H16ClFN2/c14-11-8-12(15)13(17-9-11)16-7-6-10-4-2-1-3-5-10/h4,8-9H,1-3,5-7H2,(H,16,17). The van der Waals surface area contributed by atoms with Gasteiger partial charge in [-0.3, -0.25) is 0 Å². The topological polar surface area (TPSA) is 24.9 Å². The second kappa shape index (κ2) is 6.01. The molecule has 0 aromatic carbocycles. The Labute approximate surface area is 106 Å². The second-order valence-corrected chi connectivity index (χ2v) is 4.71.